The summed E-state index contributed by atoms with van der Waals surface area (Å²) in [7, 11) is 1.94. The second-order valence-electron chi connectivity index (χ2n) is 3.90. The molecule has 1 aromatic rings. The lowest BCUT2D eigenvalue weighted by Gasteiger charge is -2.18. The zero-order valence-corrected chi connectivity index (χ0v) is 9.29. The van der Waals surface area contributed by atoms with E-state index < -0.39 is 0 Å². The van der Waals surface area contributed by atoms with Crippen LogP contribution in [0.3, 0.4) is 0 Å². The lowest BCUT2D eigenvalue weighted by molar-refractivity contribution is -0.115. The molecule has 0 atom stereocenters. The molecule has 0 N–H and O–H groups in total. The Bertz CT molecular complexity index is 324. The van der Waals surface area contributed by atoms with Gasteiger partial charge in [0.15, 0.2) is 0 Å². The summed E-state index contributed by atoms with van der Waals surface area (Å²) in [6.45, 7) is 6.22. The number of carbonyl (C=O) groups excluding carboxylic acids is 1. The first-order valence-electron chi connectivity index (χ1n) is 4.78. The van der Waals surface area contributed by atoms with Gasteiger partial charge in [-0.3, -0.25) is 4.79 Å². The molecule has 2 nitrogen and oxygen atoms in total. The number of Topliss-reactive ketones (excluding diaryl/α,β-unsaturated/α-hetero) is 1. The maximum Gasteiger partial charge on any atom is 0.149 e. The van der Waals surface area contributed by atoms with Crippen molar-refractivity contribution in [3.05, 3.63) is 29.3 Å². The van der Waals surface area contributed by atoms with Crippen molar-refractivity contribution in [2.75, 3.05) is 18.5 Å². The van der Waals surface area contributed by atoms with Gasteiger partial charge in [-0.2, -0.15) is 0 Å². The van der Waals surface area contributed by atoms with E-state index in [1.165, 1.54) is 11.1 Å². The monoisotopic (exact) mass is 191 g/mol. The summed E-state index contributed by atoms with van der Waals surface area (Å²) in [6.07, 6.45) is 0. The van der Waals surface area contributed by atoms with Gasteiger partial charge in [-0.25, -0.2) is 0 Å². The fourth-order valence-electron chi connectivity index (χ4n) is 1.60. The maximum absolute atomic E-state index is 11.0. The zero-order chi connectivity index (χ0) is 10.7. The first kappa shape index (κ1) is 10.8. The Balaban J connectivity index is 2.89. The number of anilines is 1. The first-order valence-corrected chi connectivity index (χ1v) is 4.78. The Morgan fingerprint density at radius 2 is 1.71 bits per heavy atom. The molecule has 0 heterocycles. The van der Waals surface area contributed by atoms with Gasteiger partial charge in [0.2, 0.25) is 0 Å². The van der Waals surface area contributed by atoms with Gasteiger partial charge in [-0.05, 0) is 44.0 Å². The molecule has 0 radical (unpaired) electrons. The predicted octanol–water partition coefficient (Wildman–Crippen LogP) is 2.33. The number of ketones is 1. The van der Waals surface area contributed by atoms with E-state index in [-0.39, 0.29) is 5.78 Å². The number of aryl methyl sites for hydroxylation is 2. The molecule has 0 unspecified atom stereocenters. The van der Waals surface area contributed by atoms with Crippen molar-refractivity contribution in [2.45, 2.75) is 20.8 Å². The van der Waals surface area contributed by atoms with Crippen molar-refractivity contribution in [1.82, 2.24) is 0 Å². The van der Waals surface area contributed by atoms with Gasteiger partial charge >= 0.3 is 0 Å². The summed E-state index contributed by atoms with van der Waals surface area (Å²) in [4.78, 5) is 12.9. The molecule has 0 bridgehead atoms. The second kappa shape index (κ2) is 4.27. The third-order valence-electron chi connectivity index (χ3n) is 2.11. The highest BCUT2D eigenvalue weighted by molar-refractivity contribution is 5.80. The first-order chi connectivity index (χ1) is 6.49. The topological polar surface area (TPSA) is 20.3 Å². The summed E-state index contributed by atoms with van der Waals surface area (Å²) in [5.74, 6) is 0.187. The molecule has 1 aromatic carbocycles. The molecule has 76 valence electrons. The van der Waals surface area contributed by atoms with Crippen LogP contribution in [0.1, 0.15) is 18.1 Å². The molecule has 0 aliphatic carbocycles. The van der Waals surface area contributed by atoms with Crippen LogP contribution < -0.4 is 4.90 Å². The maximum atomic E-state index is 11.0. The molecule has 2 heteroatoms. The van der Waals surface area contributed by atoms with Crippen molar-refractivity contribution in [3.8, 4) is 0 Å². The van der Waals surface area contributed by atoms with Crippen LogP contribution in [0, 0.1) is 13.8 Å². The minimum atomic E-state index is 0.187. The lowest BCUT2D eigenvalue weighted by Crippen LogP contribution is -2.23. The molecule has 0 aromatic heterocycles. The van der Waals surface area contributed by atoms with Crippen LogP contribution in [0.2, 0.25) is 0 Å². The second-order valence-corrected chi connectivity index (χ2v) is 3.90. The van der Waals surface area contributed by atoms with Crippen LogP contribution in [0.15, 0.2) is 18.2 Å². The van der Waals surface area contributed by atoms with E-state index in [2.05, 4.69) is 32.0 Å². The van der Waals surface area contributed by atoms with E-state index in [4.69, 9.17) is 0 Å². The highest BCUT2D eigenvalue weighted by Crippen LogP contribution is 2.17. The minimum absolute atomic E-state index is 0.187. The number of nitrogens with zero attached hydrogens (tertiary/aromatic N) is 1. The summed E-state index contributed by atoms with van der Waals surface area (Å²) >= 11 is 0. The number of hydrogen-bond donors (Lipinski definition) is 0. The van der Waals surface area contributed by atoms with E-state index in [0.29, 0.717) is 6.54 Å². The van der Waals surface area contributed by atoms with Gasteiger partial charge in [0.1, 0.15) is 5.78 Å². The quantitative estimate of drug-likeness (QED) is 0.730. The number of carbonyl (C=O) groups is 1. The van der Waals surface area contributed by atoms with Crippen LogP contribution in [0.25, 0.3) is 0 Å². The van der Waals surface area contributed by atoms with E-state index in [0.717, 1.165) is 5.69 Å². The molecule has 14 heavy (non-hydrogen) atoms. The smallest absolute Gasteiger partial charge is 0.149 e. The van der Waals surface area contributed by atoms with Gasteiger partial charge in [-0.1, -0.05) is 6.07 Å². The highest BCUT2D eigenvalue weighted by Gasteiger charge is 2.04. The summed E-state index contributed by atoms with van der Waals surface area (Å²) in [6, 6.07) is 6.32. The van der Waals surface area contributed by atoms with Gasteiger partial charge in [0, 0.05) is 12.7 Å². The van der Waals surface area contributed by atoms with Crippen LogP contribution in [-0.2, 0) is 4.79 Å². The fourth-order valence-corrected chi connectivity index (χ4v) is 1.60. The average molecular weight is 191 g/mol. The van der Waals surface area contributed by atoms with Crippen molar-refractivity contribution < 1.29 is 4.79 Å². The molecular weight excluding hydrogens is 174 g/mol. The third-order valence-corrected chi connectivity index (χ3v) is 2.11. The molecule has 1 rings (SSSR count). The average Bonchev–Trinajstić information content (AvgIpc) is 2.00. The minimum Gasteiger partial charge on any atom is -0.367 e. The molecule has 0 saturated heterocycles. The number of benzene rings is 1. The highest BCUT2D eigenvalue weighted by atomic mass is 16.1. The van der Waals surface area contributed by atoms with Crippen LogP contribution in [0.5, 0.6) is 0 Å². The van der Waals surface area contributed by atoms with E-state index in [1.807, 2.05) is 11.9 Å². The van der Waals surface area contributed by atoms with Gasteiger partial charge < -0.3 is 4.90 Å². The van der Waals surface area contributed by atoms with Gasteiger partial charge in [-0.15, -0.1) is 0 Å². The number of likely N-dealkylation sites (N-methyl/N-ethyl adjacent to an activating group) is 1. The molecule has 0 amide bonds. The van der Waals surface area contributed by atoms with E-state index >= 15 is 0 Å². The van der Waals surface area contributed by atoms with Crippen LogP contribution in [0.4, 0.5) is 5.69 Å². The zero-order valence-electron chi connectivity index (χ0n) is 9.29. The standard InChI is InChI=1S/C12H17NO/c1-9-5-10(2)7-12(6-9)13(4)8-11(3)14/h5-7H,8H2,1-4H3. The van der Waals surface area contributed by atoms with Gasteiger partial charge in [0.05, 0.1) is 6.54 Å². The SMILES string of the molecule is CC(=O)CN(C)c1cc(C)cc(C)c1. The summed E-state index contributed by atoms with van der Waals surface area (Å²) < 4.78 is 0. The van der Waals surface area contributed by atoms with Crippen molar-refractivity contribution in [3.63, 3.8) is 0 Å². The van der Waals surface area contributed by atoms with Gasteiger partial charge in [0.25, 0.3) is 0 Å². The normalized spacial score (nSPS) is 10.0. The lowest BCUT2D eigenvalue weighted by atomic mass is 10.1. The molecule has 0 saturated carbocycles. The Morgan fingerprint density at radius 3 is 2.14 bits per heavy atom. The largest absolute Gasteiger partial charge is 0.367 e. The van der Waals surface area contributed by atoms with E-state index in [1.54, 1.807) is 6.92 Å². The Labute approximate surface area is 85.5 Å². The fraction of sp³-hybridized carbons (Fsp3) is 0.417. The number of hydrogen-bond acceptors (Lipinski definition) is 2. The Kier molecular flexibility index (Phi) is 3.28. The number of rotatable bonds is 3. The third kappa shape index (κ3) is 2.87. The predicted molar refractivity (Wildman–Crippen MR) is 59.9 cm³/mol. The Morgan fingerprint density at radius 1 is 1.21 bits per heavy atom. The summed E-state index contributed by atoms with van der Waals surface area (Å²) in [5.41, 5.74) is 3.57. The molecular formula is C12H17NO. The molecule has 0 spiro atoms. The van der Waals surface area contributed by atoms with Crippen LogP contribution in [-0.4, -0.2) is 19.4 Å². The molecule has 0 fully saturated rings. The Hall–Kier alpha value is -1.31. The van der Waals surface area contributed by atoms with E-state index in [9.17, 15) is 4.79 Å². The van der Waals surface area contributed by atoms with Crippen molar-refractivity contribution >= 4 is 11.5 Å². The van der Waals surface area contributed by atoms with Crippen molar-refractivity contribution in [2.24, 2.45) is 0 Å². The van der Waals surface area contributed by atoms with Crippen molar-refractivity contribution in [1.29, 1.82) is 0 Å². The molecule has 0 aliphatic heterocycles. The molecule has 0 aliphatic rings. The van der Waals surface area contributed by atoms with Crippen LogP contribution >= 0.6 is 0 Å². The summed E-state index contributed by atoms with van der Waals surface area (Å²) in [5, 5.41) is 0.